The summed E-state index contributed by atoms with van der Waals surface area (Å²) < 4.78 is 5.68. The summed E-state index contributed by atoms with van der Waals surface area (Å²) in [6.07, 6.45) is 1.27. The SMILES string of the molecule is CCNC(=NCC(O)c1cccc(OC(C)C)c1)NCCC(=O)Nc1ccc(C)cn1.I. The fourth-order valence-corrected chi connectivity index (χ4v) is 2.73. The number of aliphatic hydroxyl groups is 1. The second kappa shape index (κ2) is 14.6. The van der Waals surface area contributed by atoms with Crippen molar-refractivity contribution in [3.8, 4) is 5.75 Å². The average Bonchev–Trinajstić information content (AvgIpc) is 2.73. The van der Waals surface area contributed by atoms with Crippen LogP contribution in [0.3, 0.4) is 0 Å². The molecule has 1 atom stereocenters. The van der Waals surface area contributed by atoms with Gasteiger partial charge in [0.05, 0.1) is 18.8 Å². The van der Waals surface area contributed by atoms with Gasteiger partial charge in [-0.05, 0) is 57.0 Å². The van der Waals surface area contributed by atoms with E-state index in [0.29, 0.717) is 24.9 Å². The first-order chi connectivity index (χ1) is 14.9. The normalized spacial score (nSPS) is 12.0. The second-order valence-electron chi connectivity index (χ2n) is 7.42. The summed E-state index contributed by atoms with van der Waals surface area (Å²) in [5.41, 5.74) is 1.77. The van der Waals surface area contributed by atoms with Crippen LogP contribution in [0.4, 0.5) is 5.82 Å². The Bertz CT molecular complexity index is 859. The van der Waals surface area contributed by atoms with Crippen molar-refractivity contribution in [3.63, 3.8) is 0 Å². The summed E-state index contributed by atoms with van der Waals surface area (Å²) in [7, 11) is 0. The van der Waals surface area contributed by atoms with E-state index in [9.17, 15) is 9.90 Å². The lowest BCUT2D eigenvalue weighted by Crippen LogP contribution is -2.39. The molecule has 4 N–H and O–H groups in total. The van der Waals surface area contributed by atoms with Gasteiger partial charge in [0.25, 0.3) is 0 Å². The standard InChI is InChI=1S/C23H33N5O3.HI/c1-5-24-23(25-12-11-22(30)28-21-10-9-17(4)14-26-21)27-15-20(29)18-7-6-8-19(13-18)31-16(2)3;/h6-10,13-14,16,20,29H,5,11-12,15H2,1-4H3,(H2,24,25,27)(H,26,28,30);1H. The van der Waals surface area contributed by atoms with Gasteiger partial charge in [0.1, 0.15) is 11.6 Å². The zero-order valence-electron chi connectivity index (χ0n) is 19.1. The molecule has 1 unspecified atom stereocenters. The van der Waals surface area contributed by atoms with Gasteiger partial charge >= 0.3 is 0 Å². The number of rotatable bonds is 10. The highest BCUT2D eigenvalue weighted by Gasteiger charge is 2.10. The van der Waals surface area contributed by atoms with Crippen molar-refractivity contribution in [1.82, 2.24) is 15.6 Å². The molecular formula is C23H34IN5O3. The first kappa shape index (κ1) is 27.6. The predicted molar refractivity (Wildman–Crippen MR) is 139 cm³/mol. The van der Waals surface area contributed by atoms with Crippen molar-refractivity contribution in [2.24, 2.45) is 4.99 Å². The van der Waals surface area contributed by atoms with Crippen molar-refractivity contribution >= 4 is 41.7 Å². The third-order valence-corrected chi connectivity index (χ3v) is 4.20. The van der Waals surface area contributed by atoms with E-state index < -0.39 is 6.10 Å². The Morgan fingerprint density at radius 2 is 2.00 bits per heavy atom. The van der Waals surface area contributed by atoms with E-state index in [4.69, 9.17) is 4.74 Å². The molecular weight excluding hydrogens is 521 g/mol. The van der Waals surface area contributed by atoms with Crippen LogP contribution in [0, 0.1) is 6.92 Å². The molecule has 0 saturated heterocycles. The molecule has 0 radical (unpaired) electrons. The summed E-state index contributed by atoms with van der Waals surface area (Å²) in [5.74, 6) is 1.65. The second-order valence-corrected chi connectivity index (χ2v) is 7.42. The Labute approximate surface area is 207 Å². The molecule has 176 valence electrons. The first-order valence-corrected chi connectivity index (χ1v) is 10.6. The maximum absolute atomic E-state index is 12.1. The van der Waals surface area contributed by atoms with E-state index in [0.717, 1.165) is 16.9 Å². The summed E-state index contributed by atoms with van der Waals surface area (Å²) in [6, 6.07) is 11.1. The molecule has 1 aromatic carbocycles. The number of pyridine rings is 1. The van der Waals surface area contributed by atoms with Crippen LogP contribution in [-0.2, 0) is 4.79 Å². The number of nitrogens with zero attached hydrogens (tertiary/aromatic N) is 2. The molecule has 0 aliphatic heterocycles. The molecule has 0 fully saturated rings. The van der Waals surface area contributed by atoms with Crippen LogP contribution < -0.4 is 20.7 Å². The molecule has 32 heavy (non-hydrogen) atoms. The maximum atomic E-state index is 12.1. The molecule has 0 saturated carbocycles. The fraction of sp³-hybridized carbons (Fsp3) is 0.435. The zero-order valence-corrected chi connectivity index (χ0v) is 21.4. The molecule has 9 heteroatoms. The summed E-state index contributed by atoms with van der Waals surface area (Å²) in [4.78, 5) is 20.7. The largest absolute Gasteiger partial charge is 0.491 e. The molecule has 0 aliphatic carbocycles. The number of nitrogens with one attached hydrogen (secondary N) is 3. The Morgan fingerprint density at radius 3 is 2.66 bits per heavy atom. The number of ether oxygens (including phenoxy) is 1. The van der Waals surface area contributed by atoms with Gasteiger partial charge in [-0.25, -0.2) is 4.98 Å². The number of halogens is 1. The van der Waals surface area contributed by atoms with Gasteiger partial charge in [-0.1, -0.05) is 18.2 Å². The number of anilines is 1. The quantitative estimate of drug-likeness (QED) is 0.203. The van der Waals surface area contributed by atoms with E-state index in [-0.39, 0.29) is 49.0 Å². The molecule has 0 spiro atoms. The van der Waals surface area contributed by atoms with Gasteiger partial charge in [-0.3, -0.25) is 9.79 Å². The topological polar surface area (TPSA) is 108 Å². The number of hydrogen-bond acceptors (Lipinski definition) is 5. The molecule has 8 nitrogen and oxygen atoms in total. The van der Waals surface area contributed by atoms with Crippen LogP contribution in [-0.4, -0.2) is 47.7 Å². The molecule has 2 aromatic rings. The number of hydrogen-bond donors (Lipinski definition) is 4. The van der Waals surface area contributed by atoms with Crippen molar-refractivity contribution in [2.75, 3.05) is 25.0 Å². The predicted octanol–water partition coefficient (Wildman–Crippen LogP) is 3.41. The van der Waals surface area contributed by atoms with Crippen LogP contribution >= 0.6 is 24.0 Å². The molecule has 1 amide bonds. The van der Waals surface area contributed by atoms with Gasteiger partial charge in [0.2, 0.25) is 5.91 Å². The lowest BCUT2D eigenvalue weighted by Gasteiger charge is -2.15. The smallest absolute Gasteiger partial charge is 0.227 e. The monoisotopic (exact) mass is 555 g/mol. The number of carbonyl (C=O) groups is 1. The number of aromatic nitrogens is 1. The van der Waals surface area contributed by atoms with Gasteiger partial charge < -0.3 is 25.8 Å². The van der Waals surface area contributed by atoms with Crippen molar-refractivity contribution in [3.05, 3.63) is 53.7 Å². The van der Waals surface area contributed by atoms with E-state index in [1.165, 1.54) is 0 Å². The van der Waals surface area contributed by atoms with Gasteiger partial charge in [0, 0.05) is 25.7 Å². The van der Waals surface area contributed by atoms with E-state index in [2.05, 4.69) is 25.9 Å². The lowest BCUT2D eigenvalue weighted by molar-refractivity contribution is -0.116. The molecule has 2 rings (SSSR count). The highest BCUT2D eigenvalue weighted by Crippen LogP contribution is 2.20. The summed E-state index contributed by atoms with van der Waals surface area (Å²) >= 11 is 0. The van der Waals surface area contributed by atoms with Crippen molar-refractivity contribution < 1.29 is 14.6 Å². The number of carbonyl (C=O) groups excluding carboxylic acids is 1. The van der Waals surface area contributed by atoms with Crippen LogP contribution in [0.2, 0.25) is 0 Å². The Kier molecular flexibility index (Phi) is 12.6. The zero-order chi connectivity index (χ0) is 22.6. The highest BCUT2D eigenvalue weighted by molar-refractivity contribution is 14.0. The third kappa shape index (κ3) is 10.3. The fourth-order valence-electron chi connectivity index (χ4n) is 2.73. The van der Waals surface area contributed by atoms with Crippen molar-refractivity contribution in [2.45, 2.75) is 46.3 Å². The van der Waals surface area contributed by atoms with Crippen LogP contribution in [0.1, 0.15) is 44.4 Å². The minimum atomic E-state index is -0.762. The molecule has 0 bridgehead atoms. The van der Waals surface area contributed by atoms with Gasteiger partial charge in [-0.15, -0.1) is 24.0 Å². The number of benzene rings is 1. The minimum absolute atomic E-state index is 0. The third-order valence-electron chi connectivity index (χ3n) is 4.20. The van der Waals surface area contributed by atoms with Crippen molar-refractivity contribution in [1.29, 1.82) is 0 Å². The summed E-state index contributed by atoms with van der Waals surface area (Å²) in [5, 5.41) is 19.5. The average molecular weight is 555 g/mol. The first-order valence-electron chi connectivity index (χ1n) is 10.6. The van der Waals surface area contributed by atoms with Crippen LogP contribution in [0.15, 0.2) is 47.6 Å². The minimum Gasteiger partial charge on any atom is -0.491 e. The molecule has 1 heterocycles. The highest BCUT2D eigenvalue weighted by atomic mass is 127. The number of amides is 1. The van der Waals surface area contributed by atoms with E-state index in [1.807, 2.05) is 58.0 Å². The Hall–Kier alpha value is -2.40. The lowest BCUT2D eigenvalue weighted by atomic mass is 10.1. The number of aliphatic imine (C=N–C) groups is 1. The summed E-state index contributed by atoms with van der Waals surface area (Å²) in [6.45, 7) is 9.06. The number of aliphatic hydroxyl groups excluding tert-OH is 1. The van der Waals surface area contributed by atoms with Crippen LogP contribution in [0.25, 0.3) is 0 Å². The Morgan fingerprint density at radius 1 is 1.22 bits per heavy atom. The van der Waals surface area contributed by atoms with E-state index in [1.54, 1.807) is 12.3 Å². The maximum Gasteiger partial charge on any atom is 0.227 e. The van der Waals surface area contributed by atoms with E-state index >= 15 is 0 Å². The van der Waals surface area contributed by atoms with Gasteiger partial charge in [0.15, 0.2) is 5.96 Å². The molecule has 1 aromatic heterocycles. The van der Waals surface area contributed by atoms with Crippen LogP contribution in [0.5, 0.6) is 5.75 Å². The van der Waals surface area contributed by atoms with Gasteiger partial charge in [-0.2, -0.15) is 0 Å². The number of guanidine groups is 1. The molecule has 0 aliphatic rings. The Balaban J connectivity index is 0.00000512. The number of aryl methyl sites for hydroxylation is 1.